The number of carboxylic acid groups (broad SMARTS) is 1. The first kappa shape index (κ1) is 15.3. The van der Waals surface area contributed by atoms with Gasteiger partial charge in [-0.2, -0.15) is 0 Å². The van der Waals surface area contributed by atoms with E-state index in [4.69, 9.17) is 5.11 Å². The van der Waals surface area contributed by atoms with Crippen LogP contribution in [0, 0.1) is 0 Å². The van der Waals surface area contributed by atoms with Gasteiger partial charge >= 0.3 is 5.97 Å². The van der Waals surface area contributed by atoms with Crippen molar-refractivity contribution in [3.8, 4) is 0 Å². The van der Waals surface area contributed by atoms with E-state index in [9.17, 15) is 9.59 Å². The molecule has 6 heteroatoms. The number of carboxylic acids is 1. The van der Waals surface area contributed by atoms with Crippen LogP contribution in [-0.2, 0) is 9.59 Å². The summed E-state index contributed by atoms with van der Waals surface area (Å²) in [6, 6.07) is -0.664. The number of rotatable bonds is 7. The number of carbonyl (C=O) groups is 2. The monoisotopic (exact) mass is 274 g/mol. The molecular weight excluding hydrogens is 252 g/mol. The van der Waals surface area contributed by atoms with Gasteiger partial charge in [-0.05, 0) is 19.4 Å². The van der Waals surface area contributed by atoms with E-state index in [-0.39, 0.29) is 17.8 Å². The molecule has 2 N–H and O–H groups in total. The number of hydrogen-bond acceptors (Lipinski definition) is 4. The fourth-order valence-corrected chi connectivity index (χ4v) is 3.56. The molecular formula is C12H22N2O3S. The minimum absolute atomic E-state index is 0.0204. The molecule has 2 unspecified atom stereocenters. The Labute approximate surface area is 112 Å². The predicted octanol–water partition coefficient (Wildman–Crippen LogP) is 1.14. The molecule has 0 spiro atoms. The lowest BCUT2D eigenvalue weighted by Gasteiger charge is -2.27. The van der Waals surface area contributed by atoms with Crippen molar-refractivity contribution in [2.24, 2.45) is 0 Å². The Kier molecular flexibility index (Phi) is 6.49. The van der Waals surface area contributed by atoms with Crippen LogP contribution >= 0.6 is 11.8 Å². The van der Waals surface area contributed by atoms with Crippen molar-refractivity contribution in [3.05, 3.63) is 0 Å². The Morgan fingerprint density at radius 2 is 2.11 bits per heavy atom. The van der Waals surface area contributed by atoms with E-state index >= 15 is 0 Å². The number of aliphatic carboxylic acids is 1. The Morgan fingerprint density at radius 3 is 2.67 bits per heavy atom. The SMILES string of the molecule is CCCNCC(=O)N1C(CCC)SCC1C(=O)O. The summed E-state index contributed by atoms with van der Waals surface area (Å²) in [6.07, 6.45) is 2.77. The van der Waals surface area contributed by atoms with Gasteiger partial charge in [-0.25, -0.2) is 4.79 Å². The Bertz CT molecular complexity index is 299. The third-order valence-corrected chi connectivity index (χ3v) is 4.26. The zero-order valence-electron chi connectivity index (χ0n) is 11.0. The quantitative estimate of drug-likeness (QED) is 0.681. The molecule has 0 aromatic carbocycles. The standard InChI is InChI=1S/C12H22N2O3S/c1-3-5-11-14(9(8-18-11)12(16)17)10(15)7-13-6-4-2/h9,11,13H,3-8H2,1-2H3,(H,16,17). The summed E-state index contributed by atoms with van der Waals surface area (Å²) >= 11 is 1.58. The van der Waals surface area contributed by atoms with E-state index in [1.54, 1.807) is 16.7 Å². The van der Waals surface area contributed by atoms with Crippen molar-refractivity contribution in [3.63, 3.8) is 0 Å². The van der Waals surface area contributed by atoms with Gasteiger partial charge in [0, 0.05) is 5.75 Å². The van der Waals surface area contributed by atoms with Crippen LogP contribution in [0.2, 0.25) is 0 Å². The first-order valence-corrected chi connectivity index (χ1v) is 7.53. The van der Waals surface area contributed by atoms with E-state index in [2.05, 4.69) is 5.32 Å². The van der Waals surface area contributed by atoms with E-state index < -0.39 is 12.0 Å². The van der Waals surface area contributed by atoms with Gasteiger partial charge in [0.25, 0.3) is 0 Å². The van der Waals surface area contributed by atoms with Crippen LogP contribution in [0.3, 0.4) is 0 Å². The summed E-state index contributed by atoms with van der Waals surface area (Å²) in [6.45, 7) is 5.09. The zero-order chi connectivity index (χ0) is 13.5. The maximum Gasteiger partial charge on any atom is 0.327 e. The molecule has 1 amide bonds. The van der Waals surface area contributed by atoms with E-state index in [1.807, 2.05) is 13.8 Å². The molecule has 0 radical (unpaired) electrons. The van der Waals surface area contributed by atoms with Gasteiger partial charge in [-0.15, -0.1) is 11.8 Å². The zero-order valence-corrected chi connectivity index (χ0v) is 11.8. The number of nitrogens with zero attached hydrogens (tertiary/aromatic N) is 1. The molecule has 1 saturated heterocycles. The van der Waals surface area contributed by atoms with E-state index in [0.717, 1.165) is 25.8 Å². The highest BCUT2D eigenvalue weighted by Crippen LogP contribution is 2.32. The van der Waals surface area contributed by atoms with Crippen LogP contribution < -0.4 is 5.32 Å². The van der Waals surface area contributed by atoms with Gasteiger partial charge in [0.2, 0.25) is 5.91 Å². The van der Waals surface area contributed by atoms with Crippen LogP contribution in [0.1, 0.15) is 33.1 Å². The minimum atomic E-state index is -0.898. The van der Waals surface area contributed by atoms with Crippen LogP contribution in [0.15, 0.2) is 0 Å². The molecule has 0 aromatic heterocycles. The second-order valence-corrected chi connectivity index (χ2v) is 5.62. The van der Waals surface area contributed by atoms with Crippen molar-refractivity contribution < 1.29 is 14.7 Å². The summed E-state index contributed by atoms with van der Waals surface area (Å²) in [5.41, 5.74) is 0. The third-order valence-electron chi connectivity index (χ3n) is 2.90. The van der Waals surface area contributed by atoms with Gasteiger partial charge < -0.3 is 15.3 Å². The first-order valence-electron chi connectivity index (χ1n) is 6.48. The number of thioether (sulfide) groups is 1. The van der Waals surface area contributed by atoms with Gasteiger partial charge in [0.05, 0.1) is 11.9 Å². The van der Waals surface area contributed by atoms with Crippen molar-refractivity contribution in [2.75, 3.05) is 18.8 Å². The molecule has 0 aromatic rings. The fourth-order valence-electron chi connectivity index (χ4n) is 2.02. The summed E-state index contributed by atoms with van der Waals surface area (Å²) in [4.78, 5) is 24.8. The number of carbonyl (C=O) groups excluding carboxylic acids is 1. The lowest BCUT2D eigenvalue weighted by atomic mass is 10.2. The van der Waals surface area contributed by atoms with Gasteiger partial charge in [0.1, 0.15) is 6.04 Å². The molecule has 0 aliphatic carbocycles. The molecule has 2 atom stereocenters. The number of nitrogens with one attached hydrogen (secondary N) is 1. The average molecular weight is 274 g/mol. The highest BCUT2D eigenvalue weighted by Gasteiger charge is 2.40. The normalized spacial score (nSPS) is 23.3. The molecule has 1 aliphatic heterocycles. The molecule has 1 aliphatic rings. The highest BCUT2D eigenvalue weighted by molar-refractivity contribution is 8.00. The van der Waals surface area contributed by atoms with Crippen molar-refractivity contribution in [1.82, 2.24) is 10.2 Å². The molecule has 1 heterocycles. The molecule has 1 rings (SSSR count). The Balaban J connectivity index is 2.63. The van der Waals surface area contributed by atoms with Crippen molar-refractivity contribution in [2.45, 2.75) is 44.5 Å². The molecule has 104 valence electrons. The Morgan fingerprint density at radius 1 is 1.39 bits per heavy atom. The van der Waals surface area contributed by atoms with Crippen LogP contribution in [-0.4, -0.2) is 52.1 Å². The Hall–Kier alpha value is -0.750. The minimum Gasteiger partial charge on any atom is -0.480 e. The second kappa shape index (κ2) is 7.63. The predicted molar refractivity (Wildman–Crippen MR) is 72.6 cm³/mol. The summed E-state index contributed by atoms with van der Waals surface area (Å²) in [5.74, 6) is -0.497. The van der Waals surface area contributed by atoms with Gasteiger partial charge in [-0.1, -0.05) is 20.3 Å². The maximum atomic E-state index is 12.1. The largest absolute Gasteiger partial charge is 0.480 e. The van der Waals surface area contributed by atoms with Crippen LogP contribution in [0.25, 0.3) is 0 Å². The third kappa shape index (κ3) is 3.88. The fraction of sp³-hybridized carbons (Fsp3) is 0.833. The van der Waals surface area contributed by atoms with Crippen LogP contribution in [0.5, 0.6) is 0 Å². The summed E-state index contributed by atoms with van der Waals surface area (Å²) in [5, 5.41) is 12.2. The number of hydrogen-bond donors (Lipinski definition) is 2. The van der Waals surface area contributed by atoms with Crippen molar-refractivity contribution >= 4 is 23.6 Å². The maximum absolute atomic E-state index is 12.1. The molecule has 0 bridgehead atoms. The average Bonchev–Trinajstić information content (AvgIpc) is 2.73. The van der Waals surface area contributed by atoms with E-state index in [0.29, 0.717) is 5.75 Å². The summed E-state index contributed by atoms with van der Waals surface area (Å²) in [7, 11) is 0. The molecule has 18 heavy (non-hydrogen) atoms. The number of amides is 1. The molecule has 1 fully saturated rings. The topological polar surface area (TPSA) is 69.6 Å². The highest BCUT2D eigenvalue weighted by atomic mass is 32.2. The molecule has 5 nitrogen and oxygen atoms in total. The van der Waals surface area contributed by atoms with Crippen LogP contribution in [0.4, 0.5) is 0 Å². The first-order chi connectivity index (χ1) is 8.61. The van der Waals surface area contributed by atoms with Gasteiger partial charge in [0.15, 0.2) is 0 Å². The second-order valence-electron chi connectivity index (χ2n) is 4.41. The van der Waals surface area contributed by atoms with Gasteiger partial charge in [-0.3, -0.25) is 4.79 Å². The molecule has 0 saturated carbocycles. The van der Waals surface area contributed by atoms with Crippen molar-refractivity contribution in [1.29, 1.82) is 0 Å². The lowest BCUT2D eigenvalue weighted by molar-refractivity contribution is -0.148. The van der Waals surface area contributed by atoms with E-state index in [1.165, 1.54) is 0 Å². The smallest absolute Gasteiger partial charge is 0.327 e. The lowest BCUT2D eigenvalue weighted by Crippen LogP contribution is -2.48. The summed E-state index contributed by atoms with van der Waals surface area (Å²) < 4.78 is 0.